The van der Waals surface area contributed by atoms with E-state index in [1.54, 1.807) is 4.90 Å². The smallest absolute Gasteiger partial charge is 0.331 e. The van der Waals surface area contributed by atoms with Crippen LogP contribution in [0, 0.1) is 0 Å². The highest BCUT2D eigenvalue weighted by Gasteiger charge is 2.41. The Morgan fingerprint density at radius 2 is 1.71 bits per heavy atom. The molecule has 1 saturated heterocycles. The standard InChI is InChI=1S/C16H24N2O6/c1-5-17(6-2)16(22)13-9-12(10-18(13)11(3)19)24-15(21)8-7-14(20)23-4/h7-8,12-13H,5-6,9-10H2,1-4H3/b8-7+/t12-,13-/m0/s1. The molecule has 1 aliphatic heterocycles. The number of nitrogens with zero attached hydrogens (tertiary/aromatic N) is 2. The van der Waals surface area contributed by atoms with Gasteiger partial charge in [-0.3, -0.25) is 9.59 Å². The van der Waals surface area contributed by atoms with Crippen molar-refractivity contribution >= 4 is 23.8 Å². The first kappa shape index (κ1) is 19.7. The molecule has 8 nitrogen and oxygen atoms in total. The van der Waals surface area contributed by atoms with Crippen molar-refractivity contribution in [2.45, 2.75) is 39.3 Å². The van der Waals surface area contributed by atoms with Gasteiger partial charge in [0.05, 0.1) is 13.7 Å². The molecule has 134 valence electrons. The Balaban J connectivity index is 2.75. The highest BCUT2D eigenvalue weighted by molar-refractivity contribution is 5.92. The summed E-state index contributed by atoms with van der Waals surface area (Å²) in [5, 5.41) is 0. The molecule has 0 bridgehead atoms. The van der Waals surface area contributed by atoms with Crippen molar-refractivity contribution in [1.29, 1.82) is 0 Å². The van der Waals surface area contributed by atoms with E-state index in [2.05, 4.69) is 4.74 Å². The quantitative estimate of drug-likeness (QED) is 0.503. The predicted molar refractivity (Wildman–Crippen MR) is 84.8 cm³/mol. The lowest BCUT2D eigenvalue weighted by atomic mass is 10.1. The normalized spacial score (nSPS) is 20.1. The molecule has 2 atom stereocenters. The lowest BCUT2D eigenvalue weighted by Crippen LogP contribution is -2.47. The Labute approximate surface area is 141 Å². The summed E-state index contributed by atoms with van der Waals surface area (Å²) in [6.07, 6.45) is 1.57. The van der Waals surface area contributed by atoms with Crippen LogP contribution in [0.3, 0.4) is 0 Å². The average molecular weight is 340 g/mol. The number of hydrogen-bond acceptors (Lipinski definition) is 6. The Kier molecular flexibility index (Phi) is 7.41. The first-order valence-electron chi connectivity index (χ1n) is 7.86. The largest absolute Gasteiger partial charge is 0.466 e. The van der Waals surface area contributed by atoms with Gasteiger partial charge in [-0.05, 0) is 13.8 Å². The van der Waals surface area contributed by atoms with Crippen molar-refractivity contribution in [3.8, 4) is 0 Å². The molecule has 0 aromatic carbocycles. The summed E-state index contributed by atoms with van der Waals surface area (Å²) < 4.78 is 9.60. The molecule has 0 aromatic rings. The van der Waals surface area contributed by atoms with Crippen molar-refractivity contribution in [3.63, 3.8) is 0 Å². The Morgan fingerprint density at radius 3 is 2.21 bits per heavy atom. The van der Waals surface area contributed by atoms with Crippen molar-refractivity contribution in [1.82, 2.24) is 9.80 Å². The molecule has 1 heterocycles. The highest BCUT2D eigenvalue weighted by atomic mass is 16.5. The zero-order valence-corrected chi connectivity index (χ0v) is 14.5. The maximum Gasteiger partial charge on any atom is 0.331 e. The fourth-order valence-electron chi connectivity index (χ4n) is 2.62. The van der Waals surface area contributed by atoms with Gasteiger partial charge in [-0.2, -0.15) is 0 Å². The first-order chi connectivity index (χ1) is 11.3. The van der Waals surface area contributed by atoms with Gasteiger partial charge >= 0.3 is 11.9 Å². The molecule has 1 fully saturated rings. The fraction of sp³-hybridized carbons (Fsp3) is 0.625. The highest BCUT2D eigenvalue weighted by Crippen LogP contribution is 2.22. The Morgan fingerprint density at radius 1 is 1.12 bits per heavy atom. The number of carbonyl (C=O) groups is 4. The van der Waals surface area contributed by atoms with Crippen LogP contribution in [-0.4, -0.2) is 72.4 Å². The SMILES string of the molecule is CCN(CC)C(=O)[C@@H]1C[C@H](OC(=O)/C=C/C(=O)OC)CN1C(C)=O. The van der Waals surface area contributed by atoms with Crippen LogP contribution in [0.4, 0.5) is 0 Å². The number of hydrogen-bond donors (Lipinski definition) is 0. The number of likely N-dealkylation sites (N-methyl/N-ethyl adjacent to an activating group) is 1. The van der Waals surface area contributed by atoms with E-state index in [1.165, 1.54) is 18.9 Å². The summed E-state index contributed by atoms with van der Waals surface area (Å²) in [4.78, 5) is 50.0. The summed E-state index contributed by atoms with van der Waals surface area (Å²) in [5.41, 5.74) is 0. The van der Waals surface area contributed by atoms with Crippen molar-refractivity contribution in [3.05, 3.63) is 12.2 Å². The maximum absolute atomic E-state index is 12.5. The zero-order valence-electron chi connectivity index (χ0n) is 14.5. The monoisotopic (exact) mass is 340 g/mol. The summed E-state index contributed by atoms with van der Waals surface area (Å²) in [5.74, 6) is -1.79. The minimum absolute atomic E-state index is 0.154. The molecule has 0 spiro atoms. The molecule has 24 heavy (non-hydrogen) atoms. The van der Waals surface area contributed by atoms with Gasteiger partial charge in [-0.25, -0.2) is 9.59 Å². The van der Waals surface area contributed by atoms with E-state index in [1.807, 2.05) is 13.8 Å². The number of ether oxygens (including phenoxy) is 2. The van der Waals surface area contributed by atoms with Crippen LogP contribution >= 0.6 is 0 Å². The Hall–Kier alpha value is -2.38. The first-order valence-corrected chi connectivity index (χ1v) is 7.86. The summed E-state index contributed by atoms with van der Waals surface area (Å²) in [6.45, 7) is 6.36. The molecule has 2 amide bonds. The zero-order chi connectivity index (χ0) is 18.3. The molecular weight excluding hydrogens is 316 g/mol. The van der Waals surface area contributed by atoms with Crippen molar-refractivity contribution in [2.75, 3.05) is 26.7 Å². The van der Waals surface area contributed by atoms with Gasteiger partial charge in [0.1, 0.15) is 12.1 Å². The molecular formula is C16H24N2O6. The number of rotatable bonds is 6. The van der Waals surface area contributed by atoms with Crippen LogP contribution < -0.4 is 0 Å². The van der Waals surface area contributed by atoms with Crippen LogP contribution in [0.5, 0.6) is 0 Å². The molecule has 0 unspecified atom stereocenters. The summed E-state index contributed by atoms with van der Waals surface area (Å²) in [6, 6.07) is -0.634. The molecule has 0 radical (unpaired) electrons. The van der Waals surface area contributed by atoms with Crippen LogP contribution in [0.1, 0.15) is 27.2 Å². The van der Waals surface area contributed by atoms with Gasteiger partial charge < -0.3 is 19.3 Å². The summed E-state index contributed by atoms with van der Waals surface area (Å²) in [7, 11) is 1.20. The molecule has 1 aliphatic rings. The summed E-state index contributed by atoms with van der Waals surface area (Å²) >= 11 is 0. The second kappa shape index (κ2) is 9.05. The molecule has 0 saturated carbocycles. The van der Waals surface area contributed by atoms with Gasteiger partial charge in [0, 0.05) is 38.6 Å². The number of likely N-dealkylation sites (tertiary alicyclic amines) is 1. The topological polar surface area (TPSA) is 93.2 Å². The molecule has 0 aliphatic carbocycles. The molecule has 0 aromatic heterocycles. The van der Waals surface area contributed by atoms with Crippen molar-refractivity contribution < 1.29 is 28.7 Å². The number of esters is 2. The Bertz CT molecular complexity index is 527. The lowest BCUT2D eigenvalue weighted by Gasteiger charge is -2.27. The van der Waals surface area contributed by atoms with Crippen LogP contribution in [-0.2, 0) is 28.7 Å². The van der Waals surface area contributed by atoms with E-state index in [9.17, 15) is 19.2 Å². The van der Waals surface area contributed by atoms with Gasteiger partial charge in [0.25, 0.3) is 0 Å². The van der Waals surface area contributed by atoms with Gasteiger partial charge in [0.15, 0.2) is 0 Å². The van der Waals surface area contributed by atoms with Crippen LogP contribution in [0.2, 0.25) is 0 Å². The van der Waals surface area contributed by atoms with Gasteiger partial charge in [0.2, 0.25) is 11.8 Å². The van der Waals surface area contributed by atoms with Crippen LogP contribution in [0.25, 0.3) is 0 Å². The van der Waals surface area contributed by atoms with Crippen LogP contribution in [0.15, 0.2) is 12.2 Å². The molecule has 1 rings (SSSR count). The minimum Gasteiger partial charge on any atom is -0.466 e. The predicted octanol–water partition coefficient (Wildman–Crippen LogP) is 0.117. The minimum atomic E-state index is -0.718. The fourth-order valence-corrected chi connectivity index (χ4v) is 2.62. The number of methoxy groups -OCH3 is 1. The number of carbonyl (C=O) groups excluding carboxylic acids is 4. The second-order valence-corrected chi connectivity index (χ2v) is 5.35. The number of amides is 2. The van der Waals surface area contributed by atoms with Crippen molar-refractivity contribution in [2.24, 2.45) is 0 Å². The van der Waals surface area contributed by atoms with E-state index < -0.39 is 24.1 Å². The van der Waals surface area contributed by atoms with E-state index in [4.69, 9.17) is 4.74 Å². The van der Waals surface area contributed by atoms with E-state index in [0.717, 1.165) is 12.2 Å². The van der Waals surface area contributed by atoms with Gasteiger partial charge in [-0.1, -0.05) is 0 Å². The molecule has 0 N–H and O–H groups in total. The van der Waals surface area contributed by atoms with E-state index in [0.29, 0.717) is 13.1 Å². The van der Waals surface area contributed by atoms with E-state index >= 15 is 0 Å². The van der Waals surface area contributed by atoms with Gasteiger partial charge in [-0.15, -0.1) is 0 Å². The van der Waals surface area contributed by atoms with E-state index in [-0.39, 0.29) is 24.8 Å². The third-order valence-corrected chi connectivity index (χ3v) is 3.87. The third kappa shape index (κ3) is 5.07. The maximum atomic E-state index is 12.5. The molecule has 8 heteroatoms. The third-order valence-electron chi connectivity index (χ3n) is 3.87. The lowest BCUT2D eigenvalue weighted by molar-refractivity contribution is -0.144. The second-order valence-electron chi connectivity index (χ2n) is 5.35. The average Bonchev–Trinajstić information content (AvgIpc) is 2.97.